The standard InChI is InChI=1S/C19H29N7S2/c1-15-23-17(14-28-15)13-24-5-2-16(3-6-24)12-22-18(20)25-7-9-26(10-8-25)19-21-4-11-27-19/h4,11,14,16H,2-3,5-10,12-13H2,1H3,(H2,20,22). The zero-order chi connectivity index (χ0) is 19.3. The average molecular weight is 420 g/mol. The SMILES string of the molecule is Cc1nc(CN2CCC(CN=C(N)N3CCN(c4nccs4)CC3)CC2)cs1. The van der Waals surface area contributed by atoms with Crippen LogP contribution in [0.15, 0.2) is 21.9 Å². The van der Waals surface area contributed by atoms with E-state index in [0.29, 0.717) is 11.9 Å². The van der Waals surface area contributed by atoms with Crippen molar-refractivity contribution in [1.82, 2.24) is 19.8 Å². The number of anilines is 1. The number of aryl methyl sites for hydroxylation is 1. The molecule has 0 unspecified atom stereocenters. The van der Waals surface area contributed by atoms with Crippen LogP contribution >= 0.6 is 22.7 Å². The third kappa shape index (κ3) is 5.01. The number of hydrogen-bond acceptors (Lipinski definition) is 7. The first-order valence-corrected chi connectivity index (χ1v) is 11.8. The van der Waals surface area contributed by atoms with E-state index in [4.69, 9.17) is 10.7 Å². The van der Waals surface area contributed by atoms with E-state index >= 15 is 0 Å². The Hall–Kier alpha value is -1.71. The van der Waals surface area contributed by atoms with Gasteiger partial charge in [0.25, 0.3) is 0 Å². The Balaban J connectivity index is 1.18. The first kappa shape index (κ1) is 19.6. The van der Waals surface area contributed by atoms with Crippen molar-refractivity contribution < 1.29 is 0 Å². The van der Waals surface area contributed by atoms with Crippen LogP contribution in [0.2, 0.25) is 0 Å². The van der Waals surface area contributed by atoms with Gasteiger partial charge in [-0.15, -0.1) is 22.7 Å². The molecule has 2 N–H and O–H groups in total. The van der Waals surface area contributed by atoms with Gasteiger partial charge in [0.1, 0.15) is 0 Å². The van der Waals surface area contributed by atoms with Gasteiger partial charge in [0.2, 0.25) is 0 Å². The summed E-state index contributed by atoms with van der Waals surface area (Å²) in [6.45, 7) is 9.90. The maximum absolute atomic E-state index is 6.29. The van der Waals surface area contributed by atoms with Crippen molar-refractivity contribution in [3.05, 3.63) is 27.7 Å². The summed E-state index contributed by atoms with van der Waals surface area (Å²) in [5.74, 6) is 1.35. The van der Waals surface area contributed by atoms with Gasteiger partial charge in [0.05, 0.1) is 10.7 Å². The molecular formula is C19H29N7S2. The summed E-state index contributed by atoms with van der Waals surface area (Å²) in [6.07, 6.45) is 4.25. The number of thiazole rings is 2. The number of nitrogens with zero attached hydrogens (tertiary/aromatic N) is 6. The van der Waals surface area contributed by atoms with Gasteiger partial charge in [-0.1, -0.05) is 0 Å². The molecule has 7 nitrogen and oxygen atoms in total. The fourth-order valence-corrected chi connectivity index (χ4v) is 5.16. The molecule has 0 saturated carbocycles. The molecular weight excluding hydrogens is 390 g/mol. The van der Waals surface area contributed by atoms with E-state index < -0.39 is 0 Å². The Bertz CT molecular complexity index is 757. The molecule has 2 saturated heterocycles. The Morgan fingerprint density at radius 3 is 2.61 bits per heavy atom. The second kappa shape index (κ2) is 9.19. The monoisotopic (exact) mass is 419 g/mol. The van der Waals surface area contributed by atoms with E-state index in [2.05, 4.69) is 37.0 Å². The number of piperazine rings is 1. The van der Waals surface area contributed by atoms with Gasteiger partial charge in [0, 0.05) is 56.2 Å². The topological polar surface area (TPSA) is 73.9 Å². The van der Waals surface area contributed by atoms with E-state index in [9.17, 15) is 0 Å². The van der Waals surface area contributed by atoms with Gasteiger partial charge >= 0.3 is 0 Å². The lowest BCUT2D eigenvalue weighted by Crippen LogP contribution is -2.51. The molecule has 0 bridgehead atoms. The van der Waals surface area contributed by atoms with Crippen LogP contribution in [0.1, 0.15) is 23.5 Å². The van der Waals surface area contributed by atoms with E-state index in [1.54, 1.807) is 22.7 Å². The second-order valence-corrected chi connectivity index (χ2v) is 9.50. The molecule has 2 fully saturated rings. The van der Waals surface area contributed by atoms with Crippen molar-refractivity contribution in [2.75, 3.05) is 50.7 Å². The Labute approximate surface area is 174 Å². The van der Waals surface area contributed by atoms with Crippen LogP contribution in [0.5, 0.6) is 0 Å². The van der Waals surface area contributed by atoms with Crippen LogP contribution in [-0.2, 0) is 6.54 Å². The molecule has 0 aromatic carbocycles. The Morgan fingerprint density at radius 1 is 1.18 bits per heavy atom. The van der Waals surface area contributed by atoms with Gasteiger partial charge in [-0.3, -0.25) is 9.89 Å². The van der Waals surface area contributed by atoms with Crippen LogP contribution in [-0.4, -0.2) is 71.5 Å². The van der Waals surface area contributed by atoms with E-state index in [1.165, 1.54) is 18.5 Å². The summed E-state index contributed by atoms with van der Waals surface area (Å²) in [5.41, 5.74) is 7.50. The van der Waals surface area contributed by atoms with Crippen molar-refractivity contribution in [2.24, 2.45) is 16.6 Å². The van der Waals surface area contributed by atoms with Crippen LogP contribution in [0, 0.1) is 12.8 Å². The number of hydrogen-bond donors (Lipinski definition) is 1. The molecule has 28 heavy (non-hydrogen) atoms. The molecule has 2 aliphatic heterocycles. The summed E-state index contributed by atoms with van der Waals surface area (Å²) >= 11 is 3.43. The largest absolute Gasteiger partial charge is 0.370 e. The highest BCUT2D eigenvalue weighted by Gasteiger charge is 2.22. The number of guanidine groups is 1. The summed E-state index contributed by atoms with van der Waals surface area (Å²) in [7, 11) is 0. The minimum Gasteiger partial charge on any atom is -0.370 e. The van der Waals surface area contributed by atoms with Crippen molar-refractivity contribution in [3.63, 3.8) is 0 Å². The molecule has 2 aliphatic rings. The molecule has 2 aromatic heterocycles. The summed E-state index contributed by atoms with van der Waals surface area (Å²) < 4.78 is 0. The lowest BCUT2D eigenvalue weighted by atomic mass is 9.97. The maximum Gasteiger partial charge on any atom is 0.191 e. The third-order valence-electron chi connectivity index (χ3n) is 5.56. The lowest BCUT2D eigenvalue weighted by Gasteiger charge is -2.35. The minimum atomic E-state index is 0.642. The molecule has 0 spiro atoms. The van der Waals surface area contributed by atoms with Crippen LogP contribution in [0.4, 0.5) is 5.13 Å². The van der Waals surface area contributed by atoms with Crippen LogP contribution < -0.4 is 10.6 Å². The van der Waals surface area contributed by atoms with Crippen molar-refractivity contribution in [2.45, 2.75) is 26.3 Å². The highest BCUT2D eigenvalue weighted by Crippen LogP contribution is 2.21. The van der Waals surface area contributed by atoms with Gasteiger partial charge in [-0.2, -0.15) is 0 Å². The predicted octanol–water partition coefficient (Wildman–Crippen LogP) is 2.26. The number of piperidine rings is 1. The summed E-state index contributed by atoms with van der Waals surface area (Å²) in [5, 5.41) is 6.47. The number of nitrogens with two attached hydrogens (primary N) is 1. The quantitative estimate of drug-likeness (QED) is 0.592. The van der Waals surface area contributed by atoms with Crippen molar-refractivity contribution in [3.8, 4) is 0 Å². The number of rotatable bonds is 5. The van der Waals surface area contributed by atoms with Crippen molar-refractivity contribution in [1.29, 1.82) is 0 Å². The fraction of sp³-hybridized carbons (Fsp3) is 0.632. The van der Waals surface area contributed by atoms with Gasteiger partial charge in [0.15, 0.2) is 11.1 Å². The maximum atomic E-state index is 6.29. The number of aromatic nitrogens is 2. The molecule has 152 valence electrons. The molecule has 9 heteroatoms. The molecule has 4 heterocycles. The van der Waals surface area contributed by atoms with Crippen molar-refractivity contribution >= 4 is 33.8 Å². The number of aliphatic imine (C=N–C) groups is 1. The number of likely N-dealkylation sites (tertiary alicyclic amines) is 1. The fourth-order valence-electron chi connectivity index (χ4n) is 3.86. The summed E-state index contributed by atoms with van der Waals surface area (Å²) in [6, 6.07) is 0. The zero-order valence-corrected chi connectivity index (χ0v) is 18.1. The normalized spacial score (nSPS) is 20.1. The first-order valence-electron chi connectivity index (χ1n) is 10.00. The first-order chi connectivity index (χ1) is 13.7. The molecule has 0 radical (unpaired) electrons. The molecule has 0 atom stereocenters. The third-order valence-corrected chi connectivity index (χ3v) is 7.22. The lowest BCUT2D eigenvalue weighted by molar-refractivity contribution is 0.179. The highest BCUT2D eigenvalue weighted by molar-refractivity contribution is 7.13. The molecule has 2 aromatic rings. The van der Waals surface area contributed by atoms with Crippen LogP contribution in [0.3, 0.4) is 0 Å². The zero-order valence-electron chi connectivity index (χ0n) is 16.5. The minimum absolute atomic E-state index is 0.642. The average Bonchev–Trinajstić information content (AvgIpc) is 3.39. The Kier molecular flexibility index (Phi) is 6.43. The molecule has 4 rings (SSSR count). The van der Waals surface area contributed by atoms with E-state index in [0.717, 1.165) is 62.5 Å². The van der Waals surface area contributed by atoms with Gasteiger partial charge in [-0.25, -0.2) is 9.97 Å². The molecule has 0 amide bonds. The predicted molar refractivity (Wildman–Crippen MR) is 117 cm³/mol. The summed E-state index contributed by atoms with van der Waals surface area (Å²) in [4.78, 5) is 20.8. The van der Waals surface area contributed by atoms with Gasteiger partial charge < -0.3 is 15.5 Å². The second-order valence-electron chi connectivity index (χ2n) is 7.57. The van der Waals surface area contributed by atoms with Gasteiger partial charge in [-0.05, 0) is 38.8 Å². The Morgan fingerprint density at radius 2 is 1.96 bits per heavy atom. The highest BCUT2D eigenvalue weighted by atomic mass is 32.1. The van der Waals surface area contributed by atoms with E-state index in [-0.39, 0.29) is 0 Å². The van der Waals surface area contributed by atoms with E-state index in [1.807, 2.05) is 11.6 Å². The molecule has 0 aliphatic carbocycles. The smallest absolute Gasteiger partial charge is 0.191 e. The van der Waals surface area contributed by atoms with Crippen LogP contribution in [0.25, 0.3) is 0 Å².